The predicted molar refractivity (Wildman–Crippen MR) is 141 cm³/mol. The van der Waals surface area contributed by atoms with Crippen molar-refractivity contribution in [3.63, 3.8) is 0 Å². The molecule has 0 aliphatic carbocycles. The molecule has 31 heavy (non-hydrogen) atoms. The van der Waals surface area contributed by atoms with Gasteiger partial charge in [-0.2, -0.15) is 0 Å². The van der Waals surface area contributed by atoms with Gasteiger partial charge in [-0.1, -0.05) is 128 Å². The maximum atomic E-state index is 11.3. The van der Waals surface area contributed by atoms with Crippen LogP contribution in [-0.4, -0.2) is 34.7 Å². The van der Waals surface area contributed by atoms with Crippen molar-refractivity contribution < 1.29 is 5.11 Å². The maximum absolute atomic E-state index is 11.3. The first-order chi connectivity index (χ1) is 15.1. The second-order valence-corrected chi connectivity index (χ2v) is 9.55. The normalized spacial score (nSPS) is 13.8. The van der Waals surface area contributed by atoms with Crippen LogP contribution in [-0.2, 0) is 0 Å². The van der Waals surface area contributed by atoms with Crippen molar-refractivity contribution in [3.8, 4) is 0 Å². The van der Waals surface area contributed by atoms with E-state index in [1.54, 1.807) is 0 Å². The van der Waals surface area contributed by atoms with Gasteiger partial charge in [0, 0.05) is 6.04 Å². The van der Waals surface area contributed by atoms with E-state index in [1.165, 1.54) is 103 Å². The summed E-state index contributed by atoms with van der Waals surface area (Å²) in [4.78, 5) is 2.55. The van der Waals surface area contributed by atoms with Crippen molar-refractivity contribution >= 4 is 0 Å². The Kier molecular flexibility index (Phi) is 20.8. The van der Waals surface area contributed by atoms with E-state index in [4.69, 9.17) is 0 Å². The van der Waals surface area contributed by atoms with E-state index in [1.807, 2.05) is 38.2 Å². The Bertz CT molecular complexity index is 396. The number of allylic oxidation sites excluding steroid dienone is 2. The molecule has 0 saturated heterocycles. The highest BCUT2D eigenvalue weighted by Gasteiger charge is 2.31. The lowest BCUT2D eigenvalue weighted by molar-refractivity contribution is 0.0312. The third-order valence-electron chi connectivity index (χ3n) is 6.68. The summed E-state index contributed by atoms with van der Waals surface area (Å²) in [7, 11) is 0. The molecule has 0 radical (unpaired) electrons. The van der Waals surface area contributed by atoms with Crippen LogP contribution in [0, 0.1) is 0 Å². The van der Waals surface area contributed by atoms with Gasteiger partial charge in [-0.05, 0) is 46.7 Å². The predicted octanol–water partition coefficient (Wildman–Crippen LogP) is 8.84. The van der Waals surface area contributed by atoms with E-state index >= 15 is 0 Å². The molecule has 1 atom stereocenters. The van der Waals surface area contributed by atoms with Crippen LogP contribution in [0.4, 0.5) is 0 Å². The number of hydrogen-bond donors (Lipinski definition) is 1. The number of nitrogens with zero attached hydrogens (tertiary/aromatic N) is 1. The average Bonchev–Trinajstić information content (AvgIpc) is 2.75. The molecule has 0 aliphatic heterocycles. The lowest BCUT2D eigenvalue weighted by Gasteiger charge is -2.38. The van der Waals surface area contributed by atoms with Crippen molar-refractivity contribution in [2.45, 2.75) is 149 Å². The lowest BCUT2D eigenvalue weighted by atomic mass is 9.92. The Morgan fingerprint density at radius 1 is 0.613 bits per heavy atom. The van der Waals surface area contributed by atoms with Crippen molar-refractivity contribution in [1.29, 1.82) is 0 Å². The fraction of sp³-hybridized carbons (Fsp3) is 0.862. The second-order valence-electron chi connectivity index (χ2n) is 9.55. The molecule has 0 bridgehead atoms. The van der Waals surface area contributed by atoms with Gasteiger partial charge in [0.2, 0.25) is 0 Å². The fourth-order valence-electron chi connectivity index (χ4n) is 4.56. The molecule has 2 heteroatoms. The van der Waals surface area contributed by atoms with Crippen LogP contribution in [0.15, 0.2) is 24.3 Å². The summed E-state index contributed by atoms with van der Waals surface area (Å²) in [5, 5.41) is 11.3. The first kappa shape index (κ1) is 30.4. The number of hydrogen-bond acceptors (Lipinski definition) is 2. The Hall–Kier alpha value is -0.600. The molecule has 0 aliphatic rings. The first-order valence-corrected chi connectivity index (χ1v) is 13.8. The van der Waals surface area contributed by atoms with Crippen molar-refractivity contribution in [1.82, 2.24) is 4.90 Å². The molecular formula is C29H57NO. The van der Waals surface area contributed by atoms with Crippen LogP contribution in [0.5, 0.6) is 0 Å². The summed E-state index contributed by atoms with van der Waals surface area (Å²) >= 11 is 0. The molecule has 0 spiro atoms. The molecular weight excluding hydrogens is 378 g/mol. The Morgan fingerprint density at radius 3 is 1.26 bits per heavy atom. The zero-order chi connectivity index (χ0) is 23.2. The molecule has 1 N–H and O–H groups in total. The third kappa shape index (κ3) is 15.8. The van der Waals surface area contributed by atoms with Gasteiger partial charge in [-0.3, -0.25) is 4.90 Å². The minimum Gasteiger partial charge on any atom is -0.380 e. The topological polar surface area (TPSA) is 23.5 Å². The number of unbranched alkanes of at least 4 members (excludes halogenated alkanes) is 14. The van der Waals surface area contributed by atoms with Gasteiger partial charge in [-0.15, -0.1) is 0 Å². The highest BCUT2D eigenvalue weighted by Crippen LogP contribution is 2.22. The molecule has 0 amide bonds. The summed E-state index contributed by atoms with van der Waals surface area (Å²) in [6, 6.07) is 0.106. The molecule has 0 aromatic carbocycles. The van der Waals surface area contributed by atoms with Gasteiger partial charge >= 0.3 is 0 Å². The molecule has 1 unspecified atom stereocenters. The monoisotopic (exact) mass is 435 g/mol. The lowest BCUT2D eigenvalue weighted by Crippen LogP contribution is -2.49. The van der Waals surface area contributed by atoms with Crippen molar-refractivity contribution in [2.75, 3.05) is 13.1 Å². The molecule has 184 valence electrons. The first-order valence-electron chi connectivity index (χ1n) is 13.8. The third-order valence-corrected chi connectivity index (χ3v) is 6.68. The van der Waals surface area contributed by atoms with Gasteiger partial charge in [0.25, 0.3) is 0 Å². The molecule has 0 aromatic rings. The van der Waals surface area contributed by atoms with Crippen LogP contribution in [0.25, 0.3) is 0 Å². The largest absolute Gasteiger partial charge is 0.380 e. The van der Waals surface area contributed by atoms with Crippen LogP contribution in [0.1, 0.15) is 137 Å². The molecule has 0 rings (SSSR count). The van der Waals surface area contributed by atoms with Gasteiger partial charge in [-0.25, -0.2) is 0 Å². The maximum Gasteiger partial charge on any atom is 0.116 e. The molecule has 0 aromatic heterocycles. The zero-order valence-electron chi connectivity index (χ0n) is 22.0. The highest BCUT2D eigenvalue weighted by molar-refractivity contribution is 5.17. The summed E-state index contributed by atoms with van der Waals surface area (Å²) in [6.45, 7) is 13.0. The molecule has 0 saturated carbocycles. The fourth-order valence-corrected chi connectivity index (χ4v) is 4.56. The minimum atomic E-state index is -0.871. The number of rotatable bonds is 22. The molecule has 0 fully saturated rings. The van der Waals surface area contributed by atoms with E-state index in [-0.39, 0.29) is 6.04 Å². The van der Waals surface area contributed by atoms with Gasteiger partial charge in [0.1, 0.15) is 5.60 Å². The van der Waals surface area contributed by atoms with Gasteiger partial charge in [0.15, 0.2) is 0 Å². The zero-order valence-corrected chi connectivity index (χ0v) is 22.0. The summed E-state index contributed by atoms with van der Waals surface area (Å²) in [5.41, 5.74) is -0.871. The molecule has 0 heterocycles. The van der Waals surface area contributed by atoms with E-state index in [9.17, 15) is 5.11 Å². The van der Waals surface area contributed by atoms with E-state index < -0.39 is 5.60 Å². The summed E-state index contributed by atoms with van der Waals surface area (Å²) < 4.78 is 0. The Morgan fingerprint density at radius 2 is 0.935 bits per heavy atom. The second kappa shape index (κ2) is 21.3. The quantitative estimate of drug-likeness (QED) is 0.136. The standard InChI is InChI=1S/C29H57NO/c1-6-10-12-14-16-18-20-22-26-30(27-23-21-19-17-15-13-11-7-2)28(5)29(31,24-8-3)25-9-4/h8-9,24-25,28,31H,6-7,10-23,26-27H2,1-5H3/b24-8+,25-9+. The van der Waals surface area contributed by atoms with E-state index in [0.717, 1.165) is 13.1 Å². The molecule has 2 nitrogen and oxygen atoms in total. The van der Waals surface area contributed by atoms with Crippen LogP contribution < -0.4 is 0 Å². The summed E-state index contributed by atoms with van der Waals surface area (Å²) in [5.74, 6) is 0. The SMILES string of the molecule is C/C=C/C(O)(/C=C/C)C(C)N(CCCCCCCCCC)CCCCCCCCCC. The highest BCUT2D eigenvalue weighted by atomic mass is 16.3. The smallest absolute Gasteiger partial charge is 0.116 e. The Balaban J connectivity index is 4.53. The van der Waals surface area contributed by atoms with E-state index in [2.05, 4.69) is 25.7 Å². The number of aliphatic hydroxyl groups is 1. The Labute approximate surface area is 196 Å². The van der Waals surface area contributed by atoms with Gasteiger partial charge < -0.3 is 5.11 Å². The van der Waals surface area contributed by atoms with Crippen molar-refractivity contribution in [3.05, 3.63) is 24.3 Å². The van der Waals surface area contributed by atoms with Crippen LogP contribution in [0.3, 0.4) is 0 Å². The minimum absolute atomic E-state index is 0.106. The van der Waals surface area contributed by atoms with Crippen LogP contribution in [0.2, 0.25) is 0 Å². The summed E-state index contributed by atoms with van der Waals surface area (Å²) in [6.07, 6.45) is 29.5. The average molecular weight is 436 g/mol. The van der Waals surface area contributed by atoms with Gasteiger partial charge in [0.05, 0.1) is 0 Å². The van der Waals surface area contributed by atoms with Crippen LogP contribution >= 0.6 is 0 Å². The van der Waals surface area contributed by atoms with Crippen molar-refractivity contribution in [2.24, 2.45) is 0 Å². The van der Waals surface area contributed by atoms with E-state index in [0.29, 0.717) is 0 Å².